The summed E-state index contributed by atoms with van der Waals surface area (Å²) >= 11 is 3.74. The first-order chi connectivity index (χ1) is 14.2. The monoisotopic (exact) mass is 505 g/mol. The van der Waals surface area contributed by atoms with Crippen molar-refractivity contribution in [3.05, 3.63) is 99.0 Å². The van der Waals surface area contributed by atoms with Crippen LogP contribution < -0.4 is 5.32 Å². The molecule has 3 aromatic carbocycles. The topological polar surface area (TPSA) is 48.7 Å². The van der Waals surface area contributed by atoms with Crippen LogP contribution in [0.1, 0.15) is 5.01 Å². The molecule has 4 rings (SSSR count). The van der Waals surface area contributed by atoms with Crippen molar-refractivity contribution in [2.45, 2.75) is 0 Å². The molecule has 4 aromatic rings. The molecule has 0 spiro atoms. The van der Waals surface area contributed by atoms with Crippen LogP contribution in [0.25, 0.3) is 28.0 Å². The Hall–Kier alpha value is -2.95. The van der Waals surface area contributed by atoms with Crippen molar-refractivity contribution in [1.82, 2.24) is 4.98 Å². The van der Waals surface area contributed by atoms with Gasteiger partial charge in [0.1, 0.15) is 16.6 Å². The average Bonchev–Trinajstić information content (AvgIpc) is 3.26. The van der Waals surface area contributed by atoms with E-state index in [2.05, 4.69) is 75.4 Å². The second-order valence-electron chi connectivity index (χ2n) is 6.30. The molecule has 0 bridgehead atoms. The lowest BCUT2D eigenvalue weighted by Gasteiger charge is -2.03. The van der Waals surface area contributed by atoms with E-state index in [9.17, 15) is 5.26 Å². The van der Waals surface area contributed by atoms with E-state index < -0.39 is 0 Å². The van der Waals surface area contributed by atoms with Crippen molar-refractivity contribution in [3.8, 4) is 28.5 Å². The van der Waals surface area contributed by atoms with Gasteiger partial charge in [0.25, 0.3) is 0 Å². The normalized spacial score (nSPS) is 11.1. The number of rotatable bonds is 5. The Bertz CT molecular complexity index is 1170. The molecule has 0 fully saturated rings. The van der Waals surface area contributed by atoms with Crippen LogP contribution in [-0.2, 0) is 0 Å². The predicted octanol–water partition coefficient (Wildman–Crippen LogP) is 7.06. The molecule has 1 heterocycles. The highest BCUT2D eigenvalue weighted by atomic mass is 127. The number of nitrogens with zero attached hydrogens (tertiary/aromatic N) is 2. The highest BCUT2D eigenvalue weighted by Gasteiger charge is 2.09. The summed E-state index contributed by atoms with van der Waals surface area (Å²) in [6.45, 7) is 0. The zero-order valence-electron chi connectivity index (χ0n) is 15.3. The smallest absolute Gasteiger partial charge is 0.136 e. The van der Waals surface area contributed by atoms with E-state index in [-0.39, 0.29) is 0 Å². The van der Waals surface area contributed by atoms with Gasteiger partial charge in [0.15, 0.2) is 0 Å². The number of aromatic nitrogens is 1. The van der Waals surface area contributed by atoms with E-state index in [0.717, 1.165) is 16.9 Å². The SMILES string of the molecule is N#CC(=CNc1ccc(I)cc1)c1nc(-c2ccc(-c3ccccc3)cc2)cs1. The first-order valence-electron chi connectivity index (χ1n) is 8.97. The number of halogens is 1. The first-order valence-corrected chi connectivity index (χ1v) is 10.9. The van der Waals surface area contributed by atoms with Gasteiger partial charge in [-0.1, -0.05) is 54.6 Å². The Kier molecular flexibility index (Phi) is 6.03. The summed E-state index contributed by atoms with van der Waals surface area (Å²) in [6, 6.07) is 28.9. The van der Waals surface area contributed by atoms with Crippen LogP contribution in [0.15, 0.2) is 90.4 Å². The minimum Gasteiger partial charge on any atom is -0.360 e. The molecule has 0 aliphatic heterocycles. The zero-order chi connectivity index (χ0) is 20.1. The third kappa shape index (κ3) is 4.73. The van der Waals surface area contributed by atoms with Gasteiger partial charge < -0.3 is 5.32 Å². The quantitative estimate of drug-likeness (QED) is 0.233. The van der Waals surface area contributed by atoms with E-state index in [1.54, 1.807) is 6.20 Å². The Balaban J connectivity index is 1.53. The van der Waals surface area contributed by atoms with Gasteiger partial charge in [0, 0.05) is 26.4 Å². The molecule has 0 atom stereocenters. The molecule has 0 aliphatic carbocycles. The molecule has 0 saturated carbocycles. The van der Waals surface area contributed by atoms with Crippen LogP contribution in [0.4, 0.5) is 5.69 Å². The summed E-state index contributed by atoms with van der Waals surface area (Å²) in [5, 5.41) is 15.4. The number of benzene rings is 3. The van der Waals surface area contributed by atoms with E-state index in [4.69, 9.17) is 0 Å². The summed E-state index contributed by atoms with van der Waals surface area (Å²) in [6.07, 6.45) is 1.71. The molecule has 0 amide bonds. The van der Waals surface area contributed by atoms with Gasteiger partial charge in [0.2, 0.25) is 0 Å². The van der Waals surface area contributed by atoms with Gasteiger partial charge in [-0.15, -0.1) is 11.3 Å². The second-order valence-corrected chi connectivity index (χ2v) is 8.41. The molecule has 0 saturated heterocycles. The second kappa shape index (κ2) is 9.03. The average molecular weight is 505 g/mol. The Morgan fingerprint density at radius 3 is 2.24 bits per heavy atom. The minimum absolute atomic E-state index is 0.515. The van der Waals surface area contributed by atoms with Gasteiger partial charge in [-0.05, 0) is 58.0 Å². The third-order valence-electron chi connectivity index (χ3n) is 4.37. The van der Waals surface area contributed by atoms with Crippen molar-refractivity contribution < 1.29 is 0 Å². The molecule has 0 radical (unpaired) electrons. The summed E-state index contributed by atoms with van der Waals surface area (Å²) < 4.78 is 1.17. The van der Waals surface area contributed by atoms with Crippen LogP contribution in [0.3, 0.4) is 0 Å². The molecular weight excluding hydrogens is 489 g/mol. The van der Waals surface area contributed by atoms with Crippen LogP contribution in [0, 0.1) is 14.9 Å². The molecular formula is C24H16IN3S. The Morgan fingerprint density at radius 2 is 1.55 bits per heavy atom. The minimum atomic E-state index is 0.515. The number of hydrogen-bond donors (Lipinski definition) is 1. The van der Waals surface area contributed by atoms with Gasteiger partial charge in [-0.25, -0.2) is 4.98 Å². The number of nitrogens with one attached hydrogen (secondary N) is 1. The lowest BCUT2D eigenvalue weighted by Crippen LogP contribution is -1.91. The van der Waals surface area contributed by atoms with Crippen molar-refractivity contribution in [3.63, 3.8) is 0 Å². The summed E-state index contributed by atoms with van der Waals surface area (Å²) in [7, 11) is 0. The summed E-state index contributed by atoms with van der Waals surface area (Å²) in [4.78, 5) is 4.67. The van der Waals surface area contributed by atoms with Crippen molar-refractivity contribution in [2.75, 3.05) is 5.32 Å². The van der Waals surface area contributed by atoms with E-state index in [1.807, 2.05) is 47.8 Å². The standard InChI is InChI=1S/C24H16IN3S/c25-21-10-12-22(13-11-21)27-15-20(14-26)24-28-23(16-29-24)19-8-6-18(7-9-19)17-4-2-1-3-5-17/h1-13,15-16,27H. The highest BCUT2D eigenvalue weighted by molar-refractivity contribution is 14.1. The third-order valence-corrected chi connectivity index (χ3v) is 5.96. The number of nitriles is 1. The number of thiazole rings is 1. The van der Waals surface area contributed by atoms with Crippen molar-refractivity contribution in [1.29, 1.82) is 5.26 Å². The van der Waals surface area contributed by atoms with Gasteiger partial charge in [-0.2, -0.15) is 5.26 Å². The molecule has 5 heteroatoms. The lowest BCUT2D eigenvalue weighted by atomic mass is 10.0. The Morgan fingerprint density at radius 1 is 0.897 bits per heavy atom. The summed E-state index contributed by atoms with van der Waals surface area (Å²) in [5.41, 5.74) is 5.72. The van der Waals surface area contributed by atoms with Crippen LogP contribution in [-0.4, -0.2) is 4.98 Å². The molecule has 140 valence electrons. The highest BCUT2D eigenvalue weighted by Crippen LogP contribution is 2.28. The van der Waals surface area contributed by atoms with Crippen molar-refractivity contribution >= 4 is 45.2 Å². The maximum absolute atomic E-state index is 9.55. The molecule has 0 aliphatic rings. The van der Waals surface area contributed by atoms with Crippen LogP contribution in [0.5, 0.6) is 0 Å². The van der Waals surface area contributed by atoms with Gasteiger partial charge >= 0.3 is 0 Å². The zero-order valence-corrected chi connectivity index (χ0v) is 18.3. The fraction of sp³-hybridized carbons (Fsp3) is 0. The first kappa shape index (κ1) is 19.4. The fourth-order valence-corrected chi connectivity index (χ4v) is 3.99. The maximum Gasteiger partial charge on any atom is 0.136 e. The van der Waals surface area contributed by atoms with Crippen LogP contribution in [0.2, 0.25) is 0 Å². The number of hydrogen-bond acceptors (Lipinski definition) is 4. The molecule has 0 unspecified atom stereocenters. The molecule has 3 nitrogen and oxygen atoms in total. The van der Waals surface area contributed by atoms with E-state index in [1.165, 1.54) is 26.0 Å². The number of anilines is 1. The van der Waals surface area contributed by atoms with Crippen molar-refractivity contribution in [2.24, 2.45) is 0 Å². The molecule has 29 heavy (non-hydrogen) atoms. The summed E-state index contributed by atoms with van der Waals surface area (Å²) in [5.74, 6) is 0. The van der Waals surface area contributed by atoms with E-state index in [0.29, 0.717) is 10.6 Å². The van der Waals surface area contributed by atoms with Gasteiger partial charge in [0.05, 0.1) is 5.69 Å². The number of allylic oxidation sites excluding steroid dienone is 1. The lowest BCUT2D eigenvalue weighted by molar-refractivity contribution is 1.36. The van der Waals surface area contributed by atoms with E-state index >= 15 is 0 Å². The molecule has 1 N–H and O–H groups in total. The fourth-order valence-electron chi connectivity index (χ4n) is 2.84. The predicted molar refractivity (Wildman–Crippen MR) is 129 cm³/mol. The maximum atomic E-state index is 9.55. The van der Waals surface area contributed by atoms with Gasteiger partial charge in [-0.3, -0.25) is 0 Å². The largest absolute Gasteiger partial charge is 0.360 e. The Labute approximate surface area is 187 Å². The van der Waals surface area contributed by atoms with Crippen LogP contribution >= 0.6 is 33.9 Å². The molecule has 1 aromatic heterocycles.